The Kier molecular flexibility index (Phi) is 3.02. The number of hydrogen-bond donors (Lipinski definition) is 1. The van der Waals surface area contributed by atoms with E-state index in [-0.39, 0.29) is 16.7 Å². The van der Waals surface area contributed by atoms with Crippen LogP contribution in [0, 0.1) is 17.0 Å². The number of nitro benzene ring substituents is 1. The van der Waals surface area contributed by atoms with E-state index in [4.69, 9.17) is 4.74 Å². The van der Waals surface area contributed by atoms with Crippen LogP contribution in [0.25, 0.3) is 0 Å². The van der Waals surface area contributed by atoms with Crippen molar-refractivity contribution in [3.05, 3.63) is 63.7 Å². The molecule has 2 aromatic rings. The maximum Gasteiger partial charge on any atom is 0.274 e. The van der Waals surface area contributed by atoms with Crippen LogP contribution in [-0.2, 0) is 0 Å². The standard InChI is InChI=1S/C15H14N2O3/c1-10-6-7-11(8-14(10)17(18)19)16-13-9-20-15-5-3-2-4-12(13)15/h2-8,13,16H,9H2,1H3. The van der Waals surface area contributed by atoms with Crippen molar-refractivity contribution in [1.29, 1.82) is 0 Å². The van der Waals surface area contributed by atoms with Gasteiger partial charge in [-0.15, -0.1) is 0 Å². The number of hydrogen-bond acceptors (Lipinski definition) is 4. The summed E-state index contributed by atoms with van der Waals surface area (Å²) < 4.78 is 5.59. The predicted octanol–water partition coefficient (Wildman–Crippen LogP) is 3.45. The van der Waals surface area contributed by atoms with Crippen molar-refractivity contribution in [3.8, 4) is 5.75 Å². The number of ether oxygens (including phenoxy) is 1. The molecule has 1 aliphatic rings. The average Bonchev–Trinajstić information content (AvgIpc) is 2.84. The maximum absolute atomic E-state index is 11.0. The lowest BCUT2D eigenvalue weighted by Crippen LogP contribution is -2.12. The second-order valence-corrected chi connectivity index (χ2v) is 4.80. The van der Waals surface area contributed by atoms with Crippen LogP contribution < -0.4 is 10.1 Å². The first kappa shape index (κ1) is 12.5. The van der Waals surface area contributed by atoms with Gasteiger partial charge >= 0.3 is 0 Å². The van der Waals surface area contributed by atoms with Crippen molar-refractivity contribution in [2.24, 2.45) is 0 Å². The largest absolute Gasteiger partial charge is 0.491 e. The molecule has 1 unspecified atom stereocenters. The number of aryl methyl sites for hydroxylation is 1. The Hall–Kier alpha value is -2.56. The lowest BCUT2D eigenvalue weighted by atomic mass is 10.1. The first-order valence-corrected chi connectivity index (χ1v) is 6.38. The average molecular weight is 270 g/mol. The van der Waals surface area contributed by atoms with E-state index in [0.717, 1.165) is 17.0 Å². The van der Waals surface area contributed by atoms with Gasteiger partial charge in [0.25, 0.3) is 5.69 Å². The highest BCUT2D eigenvalue weighted by Crippen LogP contribution is 2.34. The number of nitrogens with one attached hydrogen (secondary N) is 1. The van der Waals surface area contributed by atoms with Crippen molar-refractivity contribution in [3.63, 3.8) is 0 Å². The first-order chi connectivity index (χ1) is 9.65. The van der Waals surface area contributed by atoms with Gasteiger partial charge < -0.3 is 10.1 Å². The van der Waals surface area contributed by atoms with Gasteiger partial charge in [0.1, 0.15) is 12.4 Å². The van der Waals surface area contributed by atoms with Crippen LogP contribution >= 0.6 is 0 Å². The van der Waals surface area contributed by atoms with Crippen molar-refractivity contribution < 1.29 is 9.66 Å². The summed E-state index contributed by atoms with van der Waals surface area (Å²) in [6.07, 6.45) is 0. The van der Waals surface area contributed by atoms with Gasteiger partial charge in [0.2, 0.25) is 0 Å². The van der Waals surface area contributed by atoms with Crippen molar-refractivity contribution in [2.75, 3.05) is 11.9 Å². The Morgan fingerprint density at radius 2 is 2.10 bits per heavy atom. The number of nitro groups is 1. The van der Waals surface area contributed by atoms with Gasteiger partial charge in [0, 0.05) is 22.9 Å². The molecule has 1 aliphatic heterocycles. The molecule has 0 radical (unpaired) electrons. The molecule has 102 valence electrons. The molecule has 0 fully saturated rings. The van der Waals surface area contributed by atoms with Gasteiger partial charge in [-0.3, -0.25) is 10.1 Å². The molecule has 1 N–H and O–H groups in total. The van der Waals surface area contributed by atoms with Crippen LogP contribution in [0.1, 0.15) is 17.2 Å². The number of benzene rings is 2. The summed E-state index contributed by atoms with van der Waals surface area (Å²) in [7, 11) is 0. The quantitative estimate of drug-likeness (QED) is 0.685. The topological polar surface area (TPSA) is 64.4 Å². The van der Waals surface area contributed by atoms with E-state index in [1.54, 1.807) is 19.1 Å². The van der Waals surface area contributed by atoms with Crippen LogP contribution in [0.15, 0.2) is 42.5 Å². The van der Waals surface area contributed by atoms with Gasteiger partial charge in [-0.1, -0.05) is 24.3 Å². The van der Waals surface area contributed by atoms with Crippen LogP contribution in [0.5, 0.6) is 5.75 Å². The molecule has 3 rings (SSSR count). The highest BCUT2D eigenvalue weighted by Gasteiger charge is 2.24. The number of rotatable bonds is 3. The Labute approximate surface area is 116 Å². The normalized spacial score (nSPS) is 16.4. The van der Waals surface area contributed by atoms with E-state index in [0.29, 0.717) is 12.2 Å². The molecular weight excluding hydrogens is 256 g/mol. The lowest BCUT2D eigenvalue weighted by Gasteiger charge is -2.13. The Morgan fingerprint density at radius 1 is 1.30 bits per heavy atom. The highest BCUT2D eigenvalue weighted by molar-refractivity contribution is 5.57. The smallest absolute Gasteiger partial charge is 0.274 e. The van der Waals surface area contributed by atoms with E-state index in [1.165, 1.54) is 0 Å². The number of nitrogens with zero attached hydrogens (tertiary/aromatic N) is 1. The Balaban J connectivity index is 1.86. The number of anilines is 1. The summed E-state index contributed by atoms with van der Waals surface area (Å²) in [4.78, 5) is 10.6. The zero-order valence-corrected chi connectivity index (χ0v) is 11.0. The van der Waals surface area contributed by atoms with E-state index < -0.39 is 0 Å². The fraction of sp³-hybridized carbons (Fsp3) is 0.200. The third-order valence-corrected chi connectivity index (χ3v) is 3.45. The van der Waals surface area contributed by atoms with Crippen molar-refractivity contribution in [2.45, 2.75) is 13.0 Å². The molecule has 5 nitrogen and oxygen atoms in total. The molecule has 0 aliphatic carbocycles. The minimum Gasteiger partial charge on any atom is -0.491 e. The van der Waals surface area contributed by atoms with Gasteiger partial charge in [-0.05, 0) is 19.1 Å². The van der Waals surface area contributed by atoms with E-state index in [1.807, 2.05) is 30.3 Å². The van der Waals surface area contributed by atoms with Gasteiger partial charge in [-0.25, -0.2) is 0 Å². The molecule has 5 heteroatoms. The molecule has 0 aromatic heterocycles. The maximum atomic E-state index is 11.0. The van der Waals surface area contributed by atoms with E-state index in [9.17, 15) is 10.1 Å². The van der Waals surface area contributed by atoms with Gasteiger partial charge in [0.05, 0.1) is 11.0 Å². The third kappa shape index (κ3) is 2.18. The van der Waals surface area contributed by atoms with Crippen molar-refractivity contribution in [1.82, 2.24) is 0 Å². The third-order valence-electron chi connectivity index (χ3n) is 3.45. The number of fused-ring (bicyclic) bond motifs is 1. The summed E-state index contributed by atoms with van der Waals surface area (Å²) in [5.74, 6) is 0.867. The fourth-order valence-corrected chi connectivity index (χ4v) is 2.38. The van der Waals surface area contributed by atoms with Crippen molar-refractivity contribution >= 4 is 11.4 Å². The second-order valence-electron chi connectivity index (χ2n) is 4.80. The van der Waals surface area contributed by atoms with Gasteiger partial charge in [-0.2, -0.15) is 0 Å². The van der Waals surface area contributed by atoms with Crippen LogP contribution in [0.3, 0.4) is 0 Å². The summed E-state index contributed by atoms with van der Waals surface area (Å²) in [6.45, 7) is 2.26. The molecular formula is C15H14N2O3. The molecule has 0 amide bonds. The van der Waals surface area contributed by atoms with E-state index >= 15 is 0 Å². The summed E-state index contributed by atoms with van der Waals surface area (Å²) >= 11 is 0. The molecule has 1 atom stereocenters. The second kappa shape index (κ2) is 4.85. The van der Waals surface area contributed by atoms with Crippen LogP contribution in [0.4, 0.5) is 11.4 Å². The van der Waals surface area contributed by atoms with E-state index in [2.05, 4.69) is 5.32 Å². The molecule has 0 saturated heterocycles. The fourth-order valence-electron chi connectivity index (χ4n) is 2.38. The highest BCUT2D eigenvalue weighted by atomic mass is 16.6. The van der Waals surface area contributed by atoms with Crippen LogP contribution in [0.2, 0.25) is 0 Å². The summed E-state index contributed by atoms with van der Waals surface area (Å²) in [5, 5.41) is 14.3. The molecule has 20 heavy (non-hydrogen) atoms. The molecule has 0 spiro atoms. The number of para-hydroxylation sites is 1. The lowest BCUT2D eigenvalue weighted by molar-refractivity contribution is -0.385. The summed E-state index contributed by atoms with van der Waals surface area (Å²) in [5.41, 5.74) is 2.59. The molecule has 2 aromatic carbocycles. The monoisotopic (exact) mass is 270 g/mol. The predicted molar refractivity (Wildman–Crippen MR) is 76.1 cm³/mol. The minimum absolute atomic E-state index is 0.0218. The molecule has 0 saturated carbocycles. The minimum atomic E-state index is -0.362. The molecule has 1 heterocycles. The zero-order valence-electron chi connectivity index (χ0n) is 11.0. The SMILES string of the molecule is Cc1ccc(NC2COc3ccccc32)cc1[N+](=O)[O-]. The first-order valence-electron chi connectivity index (χ1n) is 6.38. The Bertz CT molecular complexity index is 670. The Morgan fingerprint density at radius 3 is 2.90 bits per heavy atom. The van der Waals surface area contributed by atoms with Gasteiger partial charge in [0.15, 0.2) is 0 Å². The van der Waals surface area contributed by atoms with Crippen LogP contribution in [-0.4, -0.2) is 11.5 Å². The summed E-state index contributed by atoms with van der Waals surface area (Å²) in [6, 6.07) is 13.0. The zero-order chi connectivity index (χ0) is 14.1. The molecule has 0 bridgehead atoms.